The highest BCUT2D eigenvalue weighted by atomic mass is 16.6. The van der Waals surface area contributed by atoms with Gasteiger partial charge in [0.25, 0.3) is 0 Å². The molecular formula is C15H22O. The molecule has 1 nitrogen and oxygen atoms in total. The van der Waals surface area contributed by atoms with Crippen LogP contribution in [-0.2, 0) is 4.74 Å². The van der Waals surface area contributed by atoms with Crippen LogP contribution in [0.2, 0.25) is 0 Å². The van der Waals surface area contributed by atoms with Crippen LogP contribution in [0.3, 0.4) is 0 Å². The second-order valence-corrected chi connectivity index (χ2v) is 4.87. The molecule has 1 saturated heterocycles. The Balaban J connectivity index is 1.97. The predicted molar refractivity (Wildman–Crippen MR) is 67.8 cm³/mol. The maximum atomic E-state index is 5.64. The van der Waals surface area contributed by atoms with E-state index in [0.717, 1.165) is 6.42 Å². The zero-order chi connectivity index (χ0) is 11.5. The van der Waals surface area contributed by atoms with Crippen molar-refractivity contribution in [2.45, 2.75) is 58.2 Å². The van der Waals surface area contributed by atoms with Crippen molar-refractivity contribution in [1.82, 2.24) is 0 Å². The standard InChI is InChI=1S/C15H22O/c1-4-12(10-15-14(5-2)16-15)13-8-6-11(3)7-9-13/h6-9,12,14-15H,4-5,10H2,1-3H3. The Morgan fingerprint density at radius 1 is 1.12 bits per heavy atom. The second kappa shape index (κ2) is 5.01. The molecule has 1 fully saturated rings. The van der Waals surface area contributed by atoms with Gasteiger partial charge in [-0.1, -0.05) is 43.7 Å². The fourth-order valence-electron chi connectivity index (χ4n) is 2.40. The molecule has 3 atom stereocenters. The molecule has 16 heavy (non-hydrogen) atoms. The number of rotatable bonds is 5. The second-order valence-electron chi connectivity index (χ2n) is 4.87. The molecule has 3 unspecified atom stereocenters. The quantitative estimate of drug-likeness (QED) is 0.679. The van der Waals surface area contributed by atoms with Crippen molar-refractivity contribution in [3.63, 3.8) is 0 Å². The summed E-state index contributed by atoms with van der Waals surface area (Å²) in [6.45, 7) is 6.62. The van der Waals surface area contributed by atoms with E-state index in [4.69, 9.17) is 4.74 Å². The van der Waals surface area contributed by atoms with Gasteiger partial charge in [0.15, 0.2) is 0 Å². The number of epoxide rings is 1. The third kappa shape index (κ3) is 2.65. The zero-order valence-electron chi connectivity index (χ0n) is 10.6. The molecule has 88 valence electrons. The maximum Gasteiger partial charge on any atom is 0.0847 e. The molecule has 0 N–H and O–H groups in total. The molecule has 1 heterocycles. The molecule has 0 spiro atoms. The van der Waals surface area contributed by atoms with Crippen LogP contribution < -0.4 is 0 Å². The van der Waals surface area contributed by atoms with Gasteiger partial charge in [-0.05, 0) is 37.7 Å². The van der Waals surface area contributed by atoms with E-state index in [-0.39, 0.29) is 0 Å². The topological polar surface area (TPSA) is 12.5 Å². The largest absolute Gasteiger partial charge is 0.370 e. The predicted octanol–water partition coefficient (Wildman–Crippen LogP) is 4.06. The molecule has 0 radical (unpaired) electrons. The van der Waals surface area contributed by atoms with E-state index in [1.807, 2.05) is 0 Å². The van der Waals surface area contributed by atoms with Crippen molar-refractivity contribution >= 4 is 0 Å². The molecule has 1 heteroatoms. The lowest BCUT2D eigenvalue weighted by Gasteiger charge is -2.14. The van der Waals surface area contributed by atoms with Crippen molar-refractivity contribution < 1.29 is 4.74 Å². The number of hydrogen-bond acceptors (Lipinski definition) is 1. The smallest absolute Gasteiger partial charge is 0.0847 e. The van der Waals surface area contributed by atoms with Gasteiger partial charge in [-0.3, -0.25) is 0 Å². The van der Waals surface area contributed by atoms with Crippen molar-refractivity contribution in [3.05, 3.63) is 35.4 Å². The van der Waals surface area contributed by atoms with Crippen LogP contribution in [0.4, 0.5) is 0 Å². The minimum absolute atomic E-state index is 0.524. The normalized spacial score (nSPS) is 25.4. The fraction of sp³-hybridized carbons (Fsp3) is 0.600. The molecule has 0 bridgehead atoms. The van der Waals surface area contributed by atoms with Crippen molar-refractivity contribution in [2.75, 3.05) is 0 Å². The molecule has 0 amide bonds. The lowest BCUT2D eigenvalue weighted by Crippen LogP contribution is -2.03. The van der Waals surface area contributed by atoms with Gasteiger partial charge in [-0.15, -0.1) is 0 Å². The Morgan fingerprint density at radius 3 is 2.31 bits per heavy atom. The molecule has 1 aromatic rings. The summed E-state index contributed by atoms with van der Waals surface area (Å²) in [5, 5.41) is 0. The van der Waals surface area contributed by atoms with Gasteiger partial charge in [0, 0.05) is 0 Å². The fourth-order valence-corrected chi connectivity index (χ4v) is 2.40. The van der Waals surface area contributed by atoms with Gasteiger partial charge in [-0.2, -0.15) is 0 Å². The van der Waals surface area contributed by atoms with E-state index in [1.54, 1.807) is 0 Å². The highest BCUT2D eigenvalue weighted by Crippen LogP contribution is 2.35. The van der Waals surface area contributed by atoms with Crippen molar-refractivity contribution in [1.29, 1.82) is 0 Å². The van der Waals surface area contributed by atoms with Gasteiger partial charge >= 0.3 is 0 Å². The molecule has 0 aromatic heterocycles. The summed E-state index contributed by atoms with van der Waals surface area (Å²) >= 11 is 0. The molecule has 1 aliphatic heterocycles. The number of hydrogen-bond donors (Lipinski definition) is 0. The molecule has 2 rings (SSSR count). The number of benzene rings is 1. The van der Waals surface area contributed by atoms with Crippen molar-refractivity contribution in [2.24, 2.45) is 0 Å². The Morgan fingerprint density at radius 2 is 1.81 bits per heavy atom. The van der Waals surface area contributed by atoms with Gasteiger partial charge in [-0.25, -0.2) is 0 Å². The lowest BCUT2D eigenvalue weighted by atomic mass is 9.90. The molecule has 0 aliphatic carbocycles. The van der Waals surface area contributed by atoms with Crippen molar-refractivity contribution in [3.8, 4) is 0 Å². The third-order valence-electron chi connectivity index (χ3n) is 3.65. The first-order chi connectivity index (χ1) is 7.74. The minimum Gasteiger partial charge on any atom is -0.370 e. The van der Waals surface area contributed by atoms with Crippen LogP contribution in [0, 0.1) is 6.92 Å². The Kier molecular flexibility index (Phi) is 3.65. The van der Waals surface area contributed by atoms with E-state index in [2.05, 4.69) is 45.0 Å². The van der Waals surface area contributed by atoms with Crippen LogP contribution in [0.1, 0.15) is 50.2 Å². The van der Waals surface area contributed by atoms with Crippen LogP contribution >= 0.6 is 0 Å². The summed E-state index contributed by atoms with van der Waals surface area (Å²) in [4.78, 5) is 0. The summed E-state index contributed by atoms with van der Waals surface area (Å²) in [7, 11) is 0. The highest BCUT2D eigenvalue weighted by Gasteiger charge is 2.38. The number of aryl methyl sites for hydroxylation is 1. The Labute approximate surface area is 98.8 Å². The van der Waals surface area contributed by atoms with Crippen LogP contribution in [0.25, 0.3) is 0 Å². The first-order valence-electron chi connectivity index (χ1n) is 6.46. The zero-order valence-corrected chi connectivity index (χ0v) is 10.6. The average molecular weight is 218 g/mol. The summed E-state index contributed by atoms with van der Waals surface area (Å²) in [5.74, 6) is 0.669. The van der Waals surface area contributed by atoms with Gasteiger partial charge in [0.05, 0.1) is 12.2 Å². The summed E-state index contributed by atoms with van der Waals surface area (Å²) in [6, 6.07) is 8.96. The first-order valence-corrected chi connectivity index (χ1v) is 6.46. The van der Waals surface area contributed by atoms with Crippen LogP contribution in [-0.4, -0.2) is 12.2 Å². The average Bonchev–Trinajstić information content (AvgIpc) is 3.06. The Bertz CT molecular complexity index is 328. The number of ether oxygens (including phenoxy) is 1. The van der Waals surface area contributed by atoms with Gasteiger partial charge in [0.1, 0.15) is 0 Å². The summed E-state index contributed by atoms with van der Waals surface area (Å²) in [5.41, 5.74) is 2.81. The van der Waals surface area contributed by atoms with E-state index < -0.39 is 0 Å². The molecule has 1 aliphatic rings. The summed E-state index contributed by atoms with van der Waals surface area (Å²) in [6.07, 6.45) is 4.63. The first kappa shape index (κ1) is 11.7. The van der Waals surface area contributed by atoms with Gasteiger partial charge in [0.2, 0.25) is 0 Å². The van der Waals surface area contributed by atoms with Gasteiger partial charge < -0.3 is 4.74 Å². The highest BCUT2D eigenvalue weighted by molar-refractivity contribution is 5.24. The van der Waals surface area contributed by atoms with Crippen LogP contribution in [0.15, 0.2) is 24.3 Å². The monoisotopic (exact) mass is 218 g/mol. The lowest BCUT2D eigenvalue weighted by molar-refractivity contribution is 0.349. The van der Waals surface area contributed by atoms with E-state index in [0.29, 0.717) is 18.1 Å². The Hall–Kier alpha value is -0.820. The minimum atomic E-state index is 0.524. The van der Waals surface area contributed by atoms with Crippen LogP contribution in [0.5, 0.6) is 0 Å². The maximum absolute atomic E-state index is 5.64. The van der Waals surface area contributed by atoms with E-state index >= 15 is 0 Å². The molecule has 1 aromatic carbocycles. The summed E-state index contributed by atoms with van der Waals surface area (Å²) < 4.78 is 5.64. The molecule has 0 saturated carbocycles. The molecular weight excluding hydrogens is 196 g/mol. The van der Waals surface area contributed by atoms with E-state index in [9.17, 15) is 0 Å². The SMILES string of the molecule is CCC(CC1OC1CC)c1ccc(C)cc1. The van der Waals surface area contributed by atoms with E-state index in [1.165, 1.54) is 24.0 Å². The third-order valence-corrected chi connectivity index (χ3v) is 3.65.